The summed E-state index contributed by atoms with van der Waals surface area (Å²) < 4.78 is 6.89. The molecule has 2 N–H and O–H groups in total. The zero-order chi connectivity index (χ0) is 13.7. The van der Waals surface area contributed by atoms with Gasteiger partial charge in [0.25, 0.3) is 0 Å². The minimum atomic E-state index is 0.150. The molecule has 0 saturated carbocycles. The Kier molecular flexibility index (Phi) is 5.43. The van der Waals surface area contributed by atoms with Crippen LogP contribution in [0.2, 0.25) is 0 Å². The van der Waals surface area contributed by atoms with Gasteiger partial charge >= 0.3 is 0 Å². The Bertz CT molecular complexity index is 511. The quantitative estimate of drug-likeness (QED) is 0.862. The summed E-state index contributed by atoms with van der Waals surface area (Å²) in [6.07, 6.45) is 1.80. The summed E-state index contributed by atoms with van der Waals surface area (Å²) in [5.41, 5.74) is 8.38. The third-order valence-corrected chi connectivity index (χ3v) is 4.30. The van der Waals surface area contributed by atoms with Gasteiger partial charge in [0.15, 0.2) is 0 Å². The maximum Gasteiger partial charge on any atom is 0.119 e. The summed E-state index contributed by atoms with van der Waals surface area (Å²) in [5.74, 6) is 0.911. The lowest BCUT2D eigenvalue weighted by Crippen LogP contribution is -2.18. The van der Waals surface area contributed by atoms with E-state index in [4.69, 9.17) is 10.5 Å². The number of thiophene rings is 1. The number of rotatable bonds is 6. The van der Waals surface area contributed by atoms with E-state index in [1.54, 1.807) is 11.3 Å². The molecule has 102 valence electrons. The maximum atomic E-state index is 5.85. The van der Waals surface area contributed by atoms with E-state index >= 15 is 0 Å². The molecule has 4 heteroatoms. The van der Waals surface area contributed by atoms with Crippen LogP contribution < -0.4 is 10.5 Å². The smallest absolute Gasteiger partial charge is 0.119 e. The predicted octanol–water partition coefficient (Wildman–Crippen LogP) is 4.02. The molecule has 0 radical (unpaired) electrons. The Hall–Kier alpha value is -0.840. The molecule has 0 aliphatic heterocycles. The molecule has 2 aromatic rings. The van der Waals surface area contributed by atoms with E-state index in [9.17, 15) is 0 Å². The van der Waals surface area contributed by atoms with Crippen LogP contribution in [0.4, 0.5) is 0 Å². The molecule has 1 aromatic heterocycles. The van der Waals surface area contributed by atoms with Crippen LogP contribution in [0.1, 0.15) is 18.1 Å². The largest absolute Gasteiger partial charge is 0.493 e. The van der Waals surface area contributed by atoms with Gasteiger partial charge in [-0.1, -0.05) is 15.9 Å². The van der Waals surface area contributed by atoms with Gasteiger partial charge < -0.3 is 10.5 Å². The standard InChI is InChI=1S/C15H18BrNOS/c1-11(17)8-13-9-14(2-3-15(13)16)18-6-4-12-5-7-19-10-12/h2-3,5,7,9-11H,4,6,8,17H2,1H3. The lowest BCUT2D eigenvalue weighted by molar-refractivity contribution is 0.321. The second-order valence-electron chi connectivity index (χ2n) is 4.66. The molecule has 0 fully saturated rings. The Balaban J connectivity index is 1.93. The molecular formula is C15H18BrNOS. The van der Waals surface area contributed by atoms with Crippen molar-refractivity contribution >= 4 is 27.3 Å². The van der Waals surface area contributed by atoms with Gasteiger partial charge in [-0.2, -0.15) is 11.3 Å². The van der Waals surface area contributed by atoms with Crippen LogP contribution in [-0.2, 0) is 12.8 Å². The zero-order valence-corrected chi connectivity index (χ0v) is 13.3. The van der Waals surface area contributed by atoms with Gasteiger partial charge in [-0.25, -0.2) is 0 Å². The van der Waals surface area contributed by atoms with Gasteiger partial charge in [0, 0.05) is 16.9 Å². The summed E-state index contributed by atoms with van der Waals surface area (Å²) >= 11 is 5.27. The molecule has 0 spiro atoms. The van der Waals surface area contributed by atoms with E-state index in [0.717, 1.165) is 23.1 Å². The first-order valence-electron chi connectivity index (χ1n) is 6.33. The first kappa shape index (κ1) is 14.6. The van der Waals surface area contributed by atoms with Crippen LogP contribution in [0, 0.1) is 0 Å². The van der Waals surface area contributed by atoms with Crippen molar-refractivity contribution in [1.82, 2.24) is 0 Å². The second-order valence-corrected chi connectivity index (χ2v) is 6.30. The van der Waals surface area contributed by atoms with Crippen LogP contribution in [0.15, 0.2) is 39.5 Å². The third-order valence-electron chi connectivity index (χ3n) is 2.80. The highest BCUT2D eigenvalue weighted by molar-refractivity contribution is 9.10. The average Bonchev–Trinajstić information content (AvgIpc) is 2.86. The number of halogens is 1. The van der Waals surface area contributed by atoms with Crippen LogP contribution >= 0.6 is 27.3 Å². The fourth-order valence-corrected chi connectivity index (χ4v) is 2.98. The molecule has 1 unspecified atom stereocenters. The van der Waals surface area contributed by atoms with Gasteiger partial charge in [-0.3, -0.25) is 0 Å². The predicted molar refractivity (Wildman–Crippen MR) is 85.0 cm³/mol. The highest BCUT2D eigenvalue weighted by Gasteiger charge is 2.05. The Morgan fingerprint density at radius 1 is 1.37 bits per heavy atom. The highest BCUT2D eigenvalue weighted by Crippen LogP contribution is 2.24. The van der Waals surface area contributed by atoms with E-state index in [-0.39, 0.29) is 6.04 Å². The number of nitrogens with two attached hydrogens (primary N) is 1. The molecule has 0 amide bonds. The first-order valence-corrected chi connectivity index (χ1v) is 8.06. The fraction of sp³-hybridized carbons (Fsp3) is 0.333. The van der Waals surface area contributed by atoms with Gasteiger partial charge in [0.1, 0.15) is 5.75 Å². The minimum absolute atomic E-state index is 0.150. The van der Waals surface area contributed by atoms with Crippen LogP contribution in [-0.4, -0.2) is 12.6 Å². The van der Waals surface area contributed by atoms with E-state index in [0.29, 0.717) is 6.61 Å². The number of benzene rings is 1. The topological polar surface area (TPSA) is 35.2 Å². The maximum absolute atomic E-state index is 5.85. The van der Waals surface area contributed by atoms with E-state index in [1.807, 2.05) is 19.1 Å². The van der Waals surface area contributed by atoms with Crippen molar-refractivity contribution in [1.29, 1.82) is 0 Å². The van der Waals surface area contributed by atoms with Crippen molar-refractivity contribution < 1.29 is 4.74 Å². The van der Waals surface area contributed by atoms with Gasteiger partial charge in [0.05, 0.1) is 6.61 Å². The minimum Gasteiger partial charge on any atom is -0.493 e. The lowest BCUT2D eigenvalue weighted by atomic mass is 10.1. The Labute approximate surface area is 126 Å². The molecule has 0 bridgehead atoms. The summed E-state index contributed by atoms with van der Waals surface area (Å²) in [5, 5.41) is 4.25. The van der Waals surface area contributed by atoms with E-state index in [2.05, 4.69) is 38.8 Å². The summed E-state index contributed by atoms with van der Waals surface area (Å²) in [6.45, 7) is 2.71. The zero-order valence-electron chi connectivity index (χ0n) is 10.9. The van der Waals surface area contributed by atoms with Crippen molar-refractivity contribution in [3.8, 4) is 5.75 Å². The van der Waals surface area contributed by atoms with Crippen molar-refractivity contribution in [2.45, 2.75) is 25.8 Å². The Morgan fingerprint density at radius 2 is 2.21 bits per heavy atom. The van der Waals surface area contributed by atoms with E-state index in [1.165, 1.54) is 11.1 Å². The lowest BCUT2D eigenvalue weighted by Gasteiger charge is -2.11. The fourth-order valence-electron chi connectivity index (χ4n) is 1.87. The van der Waals surface area contributed by atoms with Crippen LogP contribution in [0.3, 0.4) is 0 Å². The molecule has 1 aromatic carbocycles. The molecule has 2 nitrogen and oxygen atoms in total. The van der Waals surface area contributed by atoms with Crippen molar-refractivity contribution in [2.24, 2.45) is 5.73 Å². The molecule has 0 aliphatic rings. The molecule has 2 rings (SSSR count). The molecular weight excluding hydrogens is 322 g/mol. The van der Waals surface area contributed by atoms with Crippen molar-refractivity contribution in [2.75, 3.05) is 6.61 Å². The SMILES string of the molecule is CC(N)Cc1cc(OCCc2ccsc2)ccc1Br. The summed E-state index contributed by atoms with van der Waals surface area (Å²) in [6, 6.07) is 8.37. The van der Waals surface area contributed by atoms with Crippen molar-refractivity contribution in [3.63, 3.8) is 0 Å². The number of hydrogen-bond donors (Lipinski definition) is 1. The van der Waals surface area contributed by atoms with Crippen LogP contribution in [0.25, 0.3) is 0 Å². The van der Waals surface area contributed by atoms with Gasteiger partial charge in [-0.15, -0.1) is 0 Å². The second kappa shape index (κ2) is 7.08. The third kappa shape index (κ3) is 4.64. The molecule has 19 heavy (non-hydrogen) atoms. The number of hydrogen-bond acceptors (Lipinski definition) is 3. The number of ether oxygens (including phenoxy) is 1. The Morgan fingerprint density at radius 3 is 2.89 bits per heavy atom. The van der Waals surface area contributed by atoms with Gasteiger partial charge in [-0.05, 0) is 59.5 Å². The monoisotopic (exact) mass is 339 g/mol. The van der Waals surface area contributed by atoms with Crippen LogP contribution in [0.5, 0.6) is 5.75 Å². The van der Waals surface area contributed by atoms with Gasteiger partial charge in [0.2, 0.25) is 0 Å². The first-order chi connectivity index (χ1) is 9.15. The summed E-state index contributed by atoms with van der Waals surface area (Å²) in [4.78, 5) is 0. The molecule has 1 heterocycles. The van der Waals surface area contributed by atoms with Crippen molar-refractivity contribution in [3.05, 3.63) is 50.6 Å². The summed E-state index contributed by atoms with van der Waals surface area (Å²) in [7, 11) is 0. The molecule has 0 saturated heterocycles. The molecule has 1 atom stereocenters. The normalized spacial score (nSPS) is 12.4. The highest BCUT2D eigenvalue weighted by atomic mass is 79.9. The van der Waals surface area contributed by atoms with E-state index < -0.39 is 0 Å². The molecule has 0 aliphatic carbocycles. The average molecular weight is 340 g/mol.